The van der Waals surface area contributed by atoms with E-state index in [2.05, 4.69) is 24.9 Å². The molecule has 0 spiro atoms. The summed E-state index contributed by atoms with van der Waals surface area (Å²) in [5.74, 6) is 1.82. The minimum absolute atomic E-state index is 0.260. The number of imidazole rings is 1. The number of nitrogens with zero attached hydrogens (tertiary/aromatic N) is 2. The van der Waals surface area contributed by atoms with Crippen LogP contribution in [0.4, 0.5) is 22.0 Å². The first kappa shape index (κ1) is 19.7. The fraction of sp³-hybridized carbons (Fsp3) is 0.444. The molecule has 1 aromatic heterocycles. The summed E-state index contributed by atoms with van der Waals surface area (Å²) in [6.07, 6.45) is 2.02. The number of aromatic nitrogens is 2. The number of H-pyrrole nitrogens is 1. The topological polar surface area (TPSA) is 127 Å². The Bertz CT molecular complexity index is 891. The number of amides is 1. The molecule has 0 aliphatic carbocycles. The van der Waals surface area contributed by atoms with Crippen molar-refractivity contribution in [3.63, 3.8) is 0 Å². The monoisotopic (exact) mass is 420 g/mol. The Labute approximate surface area is 172 Å². The van der Waals surface area contributed by atoms with Crippen molar-refractivity contribution in [3.8, 4) is 5.75 Å². The van der Waals surface area contributed by atoms with Gasteiger partial charge in [0.1, 0.15) is 5.82 Å². The number of nitrogens with one attached hydrogen (secondary N) is 3. The maximum atomic E-state index is 11.2. The molecular formula is C18H24N6O4S. The van der Waals surface area contributed by atoms with Crippen molar-refractivity contribution in [1.29, 1.82) is 0 Å². The van der Waals surface area contributed by atoms with Crippen molar-refractivity contribution in [2.75, 3.05) is 44.9 Å². The fourth-order valence-corrected chi connectivity index (χ4v) is 4.45. The lowest BCUT2D eigenvalue weighted by molar-refractivity contribution is 0.115. The highest BCUT2D eigenvalue weighted by Crippen LogP contribution is 2.42. The summed E-state index contributed by atoms with van der Waals surface area (Å²) in [5.41, 5.74) is 7.56. The molecule has 0 radical (unpaired) electrons. The van der Waals surface area contributed by atoms with Gasteiger partial charge in [0.05, 0.1) is 42.2 Å². The van der Waals surface area contributed by atoms with Crippen LogP contribution in [0.5, 0.6) is 5.75 Å². The van der Waals surface area contributed by atoms with Crippen LogP contribution in [-0.2, 0) is 9.47 Å². The number of nitrogen functional groups attached to an aromatic ring is 1. The molecule has 2 atom stereocenters. The van der Waals surface area contributed by atoms with Crippen molar-refractivity contribution < 1.29 is 19.0 Å². The van der Waals surface area contributed by atoms with Crippen molar-refractivity contribution in [1.82, 2.24) is 19.6 Å². The van der Waals surface area contributed by atoms with E-state index >= 15 is 0 Å². The van der Waals surface area contributed by atoms with Crippen LogP contribution in [0.15, 0.2) is 23.2 Å². The number of hydrogen-bond acceptors (Lipinski definition) is 9. The number of carbonyl (C=O) groups excluding carboxylic acids is 1. The summed E-state index contributed by atoms with van der Waals surface area (Å²) in [7, 11) is 3.35. The van der Waals surface area contributed by atoms with Crippen LogP contribution in [-0.4, -0.2) is 60.3 Å². The van der Waals surface area contributed by atoms with E-state index in [-0.39, 0.29) is 6.10 Å². The van der Waals surface area contributed by atoms with Gasteiger partial charge >= 0.3 is 6.09 Å². The van der Waals surface area contributed by atoms with Crippen molar-refractivity contribution in [2.24, 2.45) is 0 Å². The predicted octanol–water partition coefficient (Wildman–Crippen LogP) is 2.25. The smallest absolute Gasteiger partial charge is 0.408 e. The Morgan fingerprint density at radius 1 is 1.41 bits per heavy atom. The van der Waals surface area contributed by atoms with Crippen LogP contribution >= 0.6 is 11.9 Å². The molecule has 3 heterocycles. The minimum Gasteiger partial charge on any atom is -0.493 e. The average molecular weight is 420 g/mol. The first-order valence-corrected chi connectivity index (χ1v) is 10.0. The highest BCUT2D eigenvalue weighted by Gasteiger charge is 2.27. The molecule has 2 aliphatic heterocycles. The molecule has 11 heteroatoms. The third-order valence-corrected chi connectivity index (χ3v) is 5.99. The molecular weight excluding hydrogens is 396 g/mol. The van der Waals surface area contributed by atoms with E-state index < -0.39 is 12.2 Å². The maximum absolute atomic E-state index is 11.2. The van der Waals surface area contributed by atoms with Crippen LogP contribution in [0.25, 0.3) is 0 Å². The van der Waals surface area contributed by atoms with Crippen LogP contribution in [0.3, 0.4) is 0 Å². The predicted molar refractivity (Wildman–Crippen MR) is 109 cm³/mol. The van der Waals surface area contributed by atoms with Gasteiger partial charge < -0.3 is 35.6 Å². The van der Waals surface area contributed by atoms with Crippen molar-refractivity contribution in [3.05, 3.63) is 24.2 Å². The van der Waals surface area contributed by atoms with Crippen molar-refractivity contribution >= 4 is 35.2 Å². The van der Waals surface area contributed by atoms with Gasteiger partial charge in [-0.25, -0.2) is 14.1 Å². The van der Waals surface area contributed by atoms with Gasteiger partial charge in [-0.3, -0.25) is 0 Å². The zero-order chi connectivity index (χ0) is 20.4. The number of alkyl carbamates (subject to hydrolysis) is 1. The number of methoxy groups -OCH3 is 2. The molecule has 2 unspecified atom stereocenters. The Balaban J connectivity index is 1.47. The molecule has 5 N–H and O–H groups in total. The molecule has 4 rings (SSSR count). The van der Waals surface area contributed by atoms with Gasteiger partial charge in [0.25, 0.3) is 0 Å². The fourth-order valence-electron chi connectivity index (χ4n) is 3.33. The number of anilines is 3. The second kappa shape index (κ2) is 8.39. The summed E-state index contributed by atoms with van der Waals surface area (Å²) < 4.78 is 18.4. The molecule has 2 saturated heterocycles. The number of carbonyl (C=O) groups is 1. The quantitative estimate of drug-likeness (QED) is 0.394. The lowest BCUT2D eigenvalue weighted by Crippen LogP contribution is -2.16. The Morgan fingerprint density at radius 2 is 2.28 bits per heavy atom. The van der Waals surface area contributed by atoms with E-state index in [1.54, 1.807) is 32.4 Å². The molecule has 1 amide bonds. The van der Waals surface area contributed by atoms with Crippen LogP contribution in [0, 0.1) is 0 Å². The summed E-state index contributed by atoms with van der Waals surface area (Å²) in [6, 6.07) is 3.88. The van der Waals surface area contributed by atoms with Gasteiger partial charge in [-0.2, -0.15) is 0 Å². The maximum Gasteiger partial charge on any atom is 0.408 e. The molecule has 29 heavy (non-hydrogen) atoms. The van der Waals surface area contributed by atoms with E-state index in [0.717, 1.165) is 24.4 Å². The Kier molecular flexibility index (Phi) is 5.69. The van der Waals surface area contributed by atoms with E-state index in [4.69, 9.17) is 19.9 Å². The molecule has 2 aliphatic rings. The summed E-state index contributed by atoms with van der Waals surface area (Å²) >= 11 is 1.62. The number of nitrogens with two attached hydrogens (primary N) is 1. The van der Waals surface area contributed by atoms with E-state index in [0.29, 0.717) is 35.3 Å². The number of cyclic esters (lactones) is 1. The highest BCUT2D eigenvalue weighted by molar-refractivity contribution is 7.97. The van der Waals surface area contributed by atoms with E-state index in [9.17, 15) is 4.79 Å². The van der Waals surface area contributed by atoms with Gasteiger partial charge in [-0.1, -0.05) is 0 Å². The standard InChI is InChI=1S/C18H24N6O4S/c1-26-10-5-6-24(9-10)29-13-4-3-11(15(19)16(13)27-2)22-14-8-20-17(23-14)12-7-21-18(25)28-12/h3-4,8,10,12,22H,5-7,9,19H2,1-2H3,(H,20,23)(H,21,25). The average Bonchev–Trinajstić information content (AvgIpc) is 3.45. The van der Waals surface area contributed by atoms with Gasteiger partial charge in [0.2, 0.25) is 0 Å². The van der Waals surface area contributed by atoms with Gasteiger partial charge in [-0.05, 0) is 30.5 Å². The minimum atomic E-state index is -0.446. The molecule has 156 valence electrons. The summed E-state index contributed by atoms with van der Waals surface area (Å²) in [4.78, 5) is 19.5. The third kappa shape index (κ3) is 4.21. The molecule has 0 bridgehead atoms. The summed E-state index contributed by atoms with van der Waals surface area (Å²) in [5, 5.41) is 5.81. The van der Waals surface area contributed by atoms with Crippen molar-refractivity contribution in [2.45, 2.75) is 23.5 Å². The molecule has 2 aromatic rings. The van der Waals surface area contributed by atoms with Crippen LogP contribution < -0.4 is 21.1 Å². The first-order valence-electron chi connectivity index (χ1n) is 9.26. The zero-order valence-electron chi connectivity index (χ0n) is 16.2. The second-order valence-electron chi connectivity index (χ2n) is 6.77. The third-order valence-electron chi connectivity index (χ3n) is 4.88. The van der Waals surface area contributed by atoms with Crippen LogP contribution in [0.1, 0.15) is 18.3 Å². The normalized spacial score (nSPS) is 21.8. The summed E-state index contributed by atoms with van der Waals surface area (Å²) in [6.45, 7) is 2.19. The number of hydrogen-bond donors (Lipinski definition) is 4. The number of aromatic amines is 1. The first-order chi connectivity index (χ1) is 14.1. The van der Waals surface area contributed by atoms with E-state index in [1.165, 1.54) is 0 Å². The number of ether oxygens (including phenoxy) is 3. The zero-order valence-corrected chi connectivity index (χ0v) is 17.0. The van der Waals surface area contributed by atoms with Gasteiger partial charge in [0, 0.05) is 20.2 Å². The highest BCUT2D eigenvalue weighted by atomic mass is 32.2. The van der Waals surface area contributed by atoms with E-state index in [1.807, 2.05) is 12.1 Å². The lowest BCUT2D eigenvalue weighted by Gasteiger charge is -2.19. The molecule has 2 fully saturated rings. The second-order valence-corrected chi connectivity index (χ2v) is 7.90. The Morgan fingerprint density at radius 3 is 2.97 bits per heavy atom. The molecule has 1 aromatic carbocycles. The molecule has 0 saturated carbocycles. The Hall–Kier alpha value is -2.63. The molecule has 10 nitrogen and oxygen atoms in total. The number of benzene rings is 1. The SMILES string of the molecule is COc1c(SN2CCC(OC)C2)ccc(Nc2cnc(C3CNC(=O)O3)[nH]2)c1N. The largest absolute Gasteiger partial charge is 0.493 e. The van der Waals surface area contributed by atoms with Gasteiger partial charge in [-0.15, -0.1) is 0 Å². The lowest BCUT2D eigenvalue weighted by atomic mass is 10.2. The number of rotatable bonds is 7. The van der Waals surface area contributed by atoms with Gasteiger partial charge in [0.15, 0.2) is 17.7 Å². The van der Waals surface area contributed by atoms with Crippen LogP contribution in [0.2, 0.25) is 0 Å².